The molecule has 1 saturated heterocycles. The lowest BCUT2D eigenvalue weighted by Crippen LogP contribution is -2.33. The Morgan fingerprint density at radius 2 is 1.87 bits per heavy atom. The Bertz CT molecular complexity index is 1690. The highest BCUT2D eigenvalue weighted by molar-refractivity contribution is 7.79. The quantitative estimate of drug-likeness (QED) is 0.166. The van der Waals surface area contributed by atoms with Crippen LogP contribution in [-0.2, 0) is 11.2 Å². The zero-order valence-corrected chi connectivity index (χ0v) is 26.1. The summed E-state index contributed by atoms with van der Waals surface area (Å²) in [6.07, 6.45) is 2.98. The molecule has 1 unspecified atom stereocenters. The van der Waals surface area contributed by atoms with Crippen LogP contribution in [0.1, 0.15) is 18.4 Å². The monoisotopic (exact) mass is 654 g/mol. The van der Waals surface area contributed by atoms with Crippen LogP contribution in [0.15, 0.2) is 66.9 Å². The van der Waals surface area contributed by atoms with Crippen molar-refractivity contribution in [3.8, 4) is 23.0 Å². The van der Waals surface area contributed by atoms with Crippen LogP contribution >= 0.6 is 24.4 Å². The number of halogens is 2. The molecule has 1 fully saturated rings. The number of carbonyl (C=O) groups excluding carboxylic acids is 2. The number of β-amino-alcohol motifs (C(OH)–C–C–N with tert-alkyl or cyclic N) is 1. The Balaban J connectivity index is 1.24. The minimum absolute atomic E-state index is 0.0865. The lowest BCUT2D eigenvalue weighted by molar-refractivity contribution is -0.123. The molecule has 45 heavy (non-hydrogen) atoms. The van der Waals surface area contributed by atoms with E-state index in [2.05, 4.69) is 28.0 Å². The van der Waals surface area contributed by atoms with E-state index in [1.807, 2.05) is 0 Å². The summed E-state index contributed by atoms with van der Waals surface area (Å²) in [7, 11) is 1.49. The number of urea groups is 1. The third-order valence-electron chi connectivity index (χ3n) is 7.22. The Kier molecular flexibility index (Phi) is 10.6. The number of anilines is 1. The van der Waals surface area contributed by atoms with E-state index in [9.17, 15) is 14.7 Å². The fourth-order valence-corrected chi connectivity index (χ4v) is 5.26. The zero-order chi connectivity index (χ0) is 31.9. The third-order valence-corrected chi connectivity index (χ3v) is 7.99. The molecule has 2 N–H and O–H groups in total. The Labute approximate surface area is 270 Å². The van der Waals surface area contributed by atoms with Crippen molar-refractivity contribution >= 4 is 52.9 Å². The number of hydrogen-bond donors (Lipinski definition) is 3. The first-order valence-corrected chi connectivity index (χ1v) is 15.0. The van der Waals surface area contributed by atoms with Crippen LogP contribution in [-0.4, -0.2) is 70.7 Å². The molecule has 10 nitrogen and oxygen atoms in total. The second kappa shape index (κ2) is 14.8. The SMILES string of the molecule is COc1cc2c(Oc3ccc(NC(=O)N(S)C(=O)Cc4ccccc4Cl)cc3F)ccnc2cc1OCC(O)CN1CCCC1. The van der Waals surface area contributed by atoms with E-state index < -0.39 is 23.9 Å². The maximum absolute atomic E-state index is 15.1. The summed E-state index contributed by atoms with van der Waals surface area (Å²) in [5.41, 5.74) is 1.14. The number of likely N-dealkylation sites (tertiary alicyclic amines) is 1. The average Bonchev–Trinajstić information content (AvgIpc) is 3.54. The highest BCUT2D eigenvalue weighted by atomic mass is 35.5. The van der Waals surface area contributed by atoms with Crippen LogP contribution in [0.5, 0.6) is 23.0 Å². The van der Waals surface area contributed by atoms with E-state index in [0.717, 1.165) is 32.0 Å². The number of hydrogen-bond acceptors (Lipinski definition) is 9. The number of aliphatic hydroxyl groups excluding tert-OH is 1. The fraction of sp³-hybridized carbons (Fsp3) is 0.281. The van der Waals surface area contributed by atoms with Crippen molar-refractivity contribution in [2.24, 2.45) is 0 Å². The van der Waals surface area contributed by atoms with Crippen molar-refractivity contribution < 1.29 is 33.3 Å². The molecule has 2 heterocycles. The summed E-state index contributed by atoms with van der Waals surface area (Å²) in [5, 5.41) is 13.8. The number of pyridine rings is 1. The molecule has 0 radical (unpaired) electrons. The normalized spacial score (nSPS) is 13.8. The molecule has 13 heteroatoms. The Morgan fingerprint density at radius 3 is 2.60 bits per heavy atom. The number of nitrogens with zero attached hydrogens (tertiary/aromatic N) is 3. The van der Waals surface area contributed by atoms with Gasteiger partial charge < -0.3 is 29.5 Å². The molecule has 4 aromatic rings. The van der Waals surface area contributed by atoms with E-state index in [1.165, 1.54) is 25.4 Å². The first-order chi connectivity index (χ1) is 21.7. The fourth-order valence-electron chi connectivity index (χ4n) is 4.94. The zero-order valence-electron chi connectivity index (χ0n) is 24.4. The summed E-state index contributed by atoms with van der Waals surface area (Å²) >= 11 is 10.1. The van der Waals surface area contributed by atoms with Gasteiger partial charge in [0, 0.05) is 41.0 Å². The van der Waals surface area contributed by atoms with Crippen LogP contribution < -0.4 is 19.5 Å². The molecule has 3 amide bonds. The summed E-state index contributed by atoms with van der Waals surface area (Å²) < 4.78 is 33.0. The van der Waals surface area contributed by atoms with Crippen LogP contribution in [0.2, 0.25) is 5.02 Å². The lowest BCUT2D eigenvalue weighted by atomic mass is 10.1. The number of fused-ring (bicyclic) bond motifs is 1. The van der Waals surface area contributed by atoms with Crippen molar-refractivity contribution in [3.05, 3.63) is 83.3 Å². The summed E-state index contributed by atoms with van der Waals surface area (Å²) in [4.78, 5) is 31.7. The van der Waals surface area contributed by atoms with Gasteiger partial charge in [-0.15, -0.1) is 0 Å². The first-order valence-electron chi connectivity index (χ1n) is 14.3. The lowest BCUT2D eigenvalue weighted by Gasteiger charge is -2.20. The van der Waals surface area contributed by atoms with Gasteiger partial charge in [0.05, 0.1) is 19.0 Å². The van der Waals surface area contributed by atoms with Crippen molar-refractivity contribution in [1.82, 2.24) is 14.2 Å². The topological polar surface area (TPSA) is 113 Å². The Morgan fingerprint density at radius 1 is 1.09 bits per heavy atom. The number of ether oxygens (including phenoxy) is 3. The number of rotatable bonds is 11. The number of benzene rings is 3. The van der Waals surface area contributed by atoms with Gasteiger partial charge in [0.25, 0.3) is 0 Å². The number of aliphatic hydroxyl groups is 1. The molecular formula is C32H32ClFN4O6S. The second-order valence-corrected chi connectivity index (χ2v) is 11.3. The van der Waals surface area contributed by atoms with Gasteiger partial charge in [-0.1, -0.05) is 42.6 Å². The largest absolute Gasteiger partial charge is 0.493 e. The van der Waals surface area contributed by atoms with Crippen LogP contribution in [0.25, 0.3) is 10.9 Å². The molecule has 1 aliphatic heterocycles. The van der Waals surface area contributed by atoms with Crippen LogP contribution in [0.3, 0.4) is 0 Å². The van der Waals surface area contributed by atoms with Crippen molar-refractivity contribution in [2.45, 2.75) is 25.4 Å². The van der Waals surface area contributed by atoms with Gasteiger partial charge in [-0.2, -0.15) is 0 Å². The molecule has 1 aliphatic rings. The number of nitrogens with one attached hydrogen (secondary N) is 1. The highest BCUT2D eigenvalue weighted by Gasteiger charge is 2.21. The second-order valence-electron chi connectivity index (χ2n) is 10.5. The van der Waals surface area contributed by atoms with Gasteiger partial charge in [0.2, 0.25) is 5.91 Å². The molecule has 1 atom stereocenters. The Hall–Kier alpha value is -4.10. The van der Waals surface area contributed by atoms with Gasteiger partial charge in [-0.25, -0.2) is 13.5 Å². The van der Waals surface area contributed by atoms with Crippen molar-refractivity contribution in [2.75, 3.05) is 38.7 Å². The molecule has 0 aliphatic carbocycles. The first kappa shape index (κ1) is 32.3. The number of carbonyl (C=O) groups is 2. The number of amides is 3. The average molecular weight is 655 g/mol. The minimum Gasteiger partial charge on any atom is -0.493 e. The van der Waals surface area contributed by atoms with Crippen LogP contribution in [0.4, 0.5) is 14.9 Å². The number of aromatic nitrogens is 1. The maximum Gasteiger partial charge on any atom is 0.338 e. The molecule has 0 bridgehead atoms. The number of imide groups is 1. The van der Waals surface area contributed by atoms with Crippen molar-refractivity contribution in [3.63, 3.8) is 0 Å². The van der Waals surface area contributed by atoms with Gasteiger partial charge in [0.15, 0.2) is 23.1 Å². The molecule has 0 spiro atoms. The predicted molar refractivity (Wildman–Crippen MR) is 172 cm³/mol. The molecule has 0 saturated carbocycles. The third kappa shape index (κ3) is 8.14. The van der Waals surface area contributed by atoms with Gasteiger partial charge in [0.1, 0.15) is 18.5 Å². The minimum atomic E-state index is -0.864. The van der Waals surface area contributed by atoms with E-state index in [-0.39, 0.29) is 24.5 Å². The van der Waals surface area contributed by atoms with Gasteiger partial charge >= 0.3 is 6.03 Å². The van der Waals surface area contributed by atoms with E-state index in [4.69, 9.17) is 25.8 Å². The molecular weight excluding hydrogens is 623 g/mol. The van der Waals surface area contributed by atoms with E-state index in [1.54, 1.807) is 42.5 Å². The van der Waals surface area contributed by atoms with E-state index in [0.29, 0.717) is 49.6 Å². The van der Waals surface area contributed by atoms with Crippen molar-refractivity contribution in [1.29, 1.82) is 0 Å². The number of thiol groups is 1. The summed E-state index contributed by atoms with van der Waals surface area (Å²) in [6, 6.07) is 14.7. The summed E-state index contributed by atoms with van der Waals surface area (Å²) in [6.45, 7) is 2.57. The molecule has 1 aromatic heterocycles. The number of methoxy groups -OCH3 is 1. The smallest absolute Gasteiger partial charge is 0.338 e. The maximum atomic E-state index is 15.1. The molecule has 3 aromatic carbocycles. The van der Waals surface area contributed by atoms with Gasteiger partial charge in [-0.3, -0.25) is 9.78 Å². The van der Waals surface area contributed by atoms with E-state index >= 15 is 4.39 Å². The van der Waals surface area contributed by atoms with Crippen LogP contribution in [0, 0.1) is 5.82 Å². The highest BCUT2D eigenvalue weighted by Crippen LogP contribution is 2.38. The molecule has 236 valence electrons. The predicted octanol–water partition coefficient (Wildman–Crippen LogP) is 6.11. The summed E-state index contributed by atoms with van der Waals surface area (Å²) in [5.74, 6) is -0.373. The molecule has 5 rings (SSSR count). The standard InChI is InChI=1S/C32H32ClFN4O6S/c1-42-29-16-23-26(17-30(29)43-19-22(39)18-37-12-4-5-13-37)35-11-10-27(23)44-28-9-8-21(15-25(28)34)36-32(41)38(45)31(40)14-20-6-2-3-7-24(20)33/h2-3,6-11,15-17,22,39,45H,4-5,12-14,18-19H2,1H3,(H,36,41). The van der Waals surface area contributed by atoms with Gasteiger partial charge in [-0.05, 0) is 61.8 Å².